The van der Waals surface area contributed by atoms with Gasteiger partial charge in [0.05, 0.1) is 0 Å². The quantitative estimate of drug-likeness (QED) is 0.779. The van der Waals surface area contributed by atoms with Crippen molar-refractivity contribution in [3.05, 3.63) is 5.82 Å². The first kappa shape index (κ1) is 11.4. The van der Waals surface area contributed by atoms with Crippen LogP contribution in [0.1, 0.15) is 32.0 Å². The maximum Gasteiger partial charge on any atom is 0.170 e. The van der Waals surface area contributed by atoms with Gasteiger partial charge in [0.25, 0.3) is 0 Å². The van der Waals surface area contributed by atoms with Crippen molar-refractivity contribution in [2.75, 3.05) is 12.3 Å². The third kappa shape index (κ3) is 2.92. The van der Waals surface area contributed by atoms with Gasteiger partial charge in [-0.2, -0.15) is 4.37 Å². The van der Waals surface area contributed by atoms with Crippen LogP contribution in [0.25, 0.3) is 0 Å². The third-order valence-corrected chi connectivity index (χ3v) is 5.12. The minimum absolute atomic E-state index is 0.539. The topological polar surface area (TPSA) is 51.8 Å². The fourth-order valence-corrected chi connectivity index (χ4v) is 3.64. The monoisotopic (exact) mass is 243 g/mol. The highest BCUT2D eigenvalue weighted by Crippen LogP contribution is 2.51. The molecule has 15 heavy (non-hydrogen) atoms. The normalized spacial score (nSPS) is 18.0. The summed E-state index contributed by atoms with van der Waals surface area (Å²) in [4.78, 5) is 4.46. The summed E-state index contributed by atoms with van der Waals surface area (Å²) in [5.74, 6) is 2.15. The molecule has 0 spiro atoms. The molecule has 0 aliphatic heterocycles. The second-order valence-corrected chi connectivity index (χ2v) is 6.13. The maximum atomic E-state index is 5.61. The van der Waals surface area contributed by atoms with Gasteiger partial charge in [-0.25, -0.2) is 4.98 Å². The molecule has 0 radical (unpaired) electrons. The standard InChI is InChI=1S/C10H17N3S2/c1-2-8-12-9(15-13-8)14-7-10(3-4-10)5-6-11/h2-7,11H2,1H3. The Kier molecular flexibility index (Phi) is 3.64. The molecule has 1 heterocycles. The van der Waals surface area contributed by atoms with Crippen LogP contribution in [0.4, 0.5) is 0 Å². The summed E-state index contributed by atoms with van der Waals surface area (Å²) in [5.41, 5.74) is 6.15. The van der Waals surface area contributed by atoms with E-state index in [1.54, 1.807) is 0 Å². The minimum Gasteiger partial charge on any atom is -0.330 e. The molecule has 1 aliphatic rings. The zero-order valence-corrected chi connectivity index (χ0v) is 10.7. The molecule has 1 aromatic rings. The predicted molar refractivity (Wildman–Crippen MR) is 65.3 cm³/mol. The van der Waals surface area contributed by atoms with E-state index in [0.717, 1.165) is 23.1 Å². The number of rotatable bonds is 6. The highest BCUT2D eigenvalue weighted by molar-refractivity contribution is 8.00. The highest BCUT2D eigenvalue weighted by Gasteiger charge is 2.41. The molecule has 0 saturated heterocycles. The fraction of sp³-hybridized carbons (Fsp3) is 0.800. The summed E-state index contributed by atoms with van der Waals surface area (Å²) in [7, 11) is 0. The number of hydrogen-bond acceptors (Lipinski definition) is 5. The van der Waals surface area contributed by atoms with Gasteiger partial charge in [-0.3, -0.25) is 0 Å². The number of nitrogens with two attached hydrogens (primary N) is 1. The van der Waals surface area contributed by atoms with Crippen molar-refractivity contribution < 1.29 is 0 Å². The molecule has 1 fully saturated rings. The van der Waals surface area contributed by atoms with E-state index >= 15 is 0 Å². The average molecular weight is 243 g/mol. The second kappa shape index (κ2) is 4.80. The zero-order valence-electron chi connectivity index (χ0n) is 9.03. The summed E-state index contributed by atoms with van der Waals surface area (Å²) in [6.07, 6.45) is 4.79. The Balaban J connectivity index is 1.82. The van der Waals surface area contributed by atoms with Crippen molar-refractivity contribution in [3.63, 3.8) is 0 Å². The number of hydrogen-bond donors (Lipinski definition) is 1. The number of aryl methyl sites for hydroxylation is 1. The second-order valence-electron chi connectivity index (χ2n) is 4.16. The van der Waals surface area contributed by atoms with Crippen LogP contribution >= 0.6 is 23.3 Å². The van der Waals surface area contributed by atoms with Gasteiger partial charge < -0.3 is 5.73 Å². The van der Waals surface area contributed by atoms with Crippen molar-refractivity contribution in [1.82, 2.24) is 9.36 Å². The van der Waals surface area contributed by atoms with Gasteiger partial charge in [-0.1, -0.05) is 18.7 Å². The van der Waals surface area contributed by atoms with E-state index in [1.807, 2.05) is 11.8 Å². The van der Waals surface area contributed by atoms with E-state index in [9.17, 15) is 0 Å². The number of aromatic nitrogens is 2. The Bertz CT molecular complexity index is 320. The molecule has 84 valence electrons. The van der Waals surface area contributed by atoms with Gasteiger partial charge in [-0.15, -0.1) is 0 Å². The Labute approximate surface area is 99.0 Å². The van der Waals surface area contributed by atoms with Crippen LogP contribution in [0, 0.1) is 5.41 Å². The van der Waals surface area contributed by atoms with Gasteiger partial charge >= 0.3 is 0 Å². The van der Waals surface area contributed by atoms with Crippen LogP contribution in [-0.2, 0) is 6.42 Å². The van der Waals surface area contributed by atoms with Gasteiger partial charge in [0, 0.05) is 12.2 Å². The smallest absolute Gasteiger partial charge is 0.170 e. The van der Waals surface area contributed by atoms with Crippen molar-refractivity contribution in [3.8, 4) is 0 Å². The van der Waals surface area contributed by atoms with Gasteiger partial charge in [0.2, 0.25) is 0 Å². The Morgan fingerprint density at radius 2 is 2.33 bits per heavy atom. The summed E-state index contributed by atoms with van der Waals surface area (Å²) < 4.78 is 5.41. The van der Waals surface area contributed by atoms with Crippen LogP contribution < -0.4 is 5.73 Å². The van der Waals surface area contributed by atoms with E-state index in [0.29, 0.717) is 5.41 Å². The molecule has 0 aromatic carbocycles. The Morgan fingerprint density at radius 3 is 2.87 bits per heavy atom. The molecule has 2 N–H and O–H groups in total. The zero-order chi connectivity index (χ0) is 10.7. The van der Waals surface area contributed by atoms with Crippen molar-refractivity contribution in [2.24, 2.45) is 11.1 Å². The number of thioether (sulfide) groups is 1. The van der Waals surface area contributed by atoms with Crippen LogP contribution in [0.5, 0.6) is 0 Å². The first-order chi connectivity index (χ1) is 7.28. The molecule has 0 bridgehead atoms. The van der Waals surface area contributed by atoms with E-state index in [2.05, 4.69) is 16.3 Å². The number of nitrogens with zero attached hydrogens (tertiary/aromatic N) is 2. The summed E-state index contributed by atoms with van der Waals surface area (Å²) in [5, 5.41) is 0. The maximum absolute atomic E-state index is 5.61. The molecule has 5 heteroatoms. The lowest BCUT2D eigenvalue weighted by molar-refractivity contribution is 0.537. The molecular weight excluding hydrogens is 226 g/mol. The van der Waals surface area contributed by atoms with Crippen molar-refractivity contribution in [1.29, 1.82) is 0 Å². The molecular formula is C10H17N3S2. The SMILES string of the molecule is CCc1nsc(SCC2(CCN)CC2)n1. The van der Waals surface area contributed by atoms with E-state index in [1.165, 1.54) is 36.5 Å². The lowest BCUT2D eigenvalue weighted by atomic mass is 10.1. The van der Waals surface area contributed by atoms with Crippen molar-refractivity contribution >= 4 is 23.3 Å². The van der Waals surface area contributed by atoms with E-state index in [4.69, 9.17) is 5.73 Å². The minimum atomic E-state index is 0.539. The van der Waals surface area contributed by atoms with Crippen LogP contribution in [0.15, 0.2) is 4.34 Å². The average Bonchev–Trinajstić information content (AvgIpc) is 2.86. The van der Waals surface area contributed by atoms with Crippen molar-refractivity contribution in [2.45, 2.75) is 36.9 Å². The van der Waals surface area contributed by atoms with Crippen LogP contribution in [-0.4, -0.2) is 21.7 Å². The largest absolute Gasteiger partial charge is 0.330 e. The molecule has 3 nitrogen and oxygen atoms in total. The van der Waals surface area contributed by atoms with Crippen LogP contribution in [0.2, 0.25) is 0 Å². The fourth-order valence-electron chi connectivity index (χ4n) is 1.60. The molecule has 0 unspecified atom stereocenters. The predicted octanol–water partition coefficient (Wildman–Crippen LogP) is 2.32. The van der Waals surface area contributed by atoms with Crippen LogP contribution in [0.3, 0.4) is 0 Å². The third-order valence-electron chi connectivity index (χ3n) is 2.90. The van der Waals surface area contributed by atoms with Gasteiger partial charge in [0.1, 0.15) is 5.82 Å². The lowest BCUT2D eigenvalue weighted by Gasteiger charge is -2.11. The molecule has 1 aromatic heterocycles. The summed E-state index contributed by atoms with van der Waals surface area (Å²) >= 11 is 3.39. The first-order valence-electron chi connectivity index (χ1n) is 5.43. The van der Waals surface area contributed by atoms with E-state index < -0.39 is 0 Å². The summed E-state index contributed by atoms with van der Waals surface area (Å²) in [6.45, 7) is 2.91. The van der Waals surface area contributed by atoms with Gasteiger partial charge in [-0.05, 0) is 42.8 Å². The molecule has 0 amide bonds. The molecule has 1 aliphatic carbocycles. The molecule has 1 saturated carbocycles. The van der Waals surface area contributed by atoms with Gasteiger partial charge in [0.15, 0.2) is 4.34 Å². The Morgan fingerprint density at radius 1 is 1.53 bits per heavy atom. The lowest BCUT2D eigenvalue weighted by Crippen LogP contribution is -2.11. The highest BCUT2D eigenvalue weighted by atomic mass is 32.2. The van der Waals surface area contributed by atoms with E-state index in [-0.39, 0.29) is 0 Å². The first-order valence-corrected chi connectivity index (χ1v) is 7.19. The molecule has 2 rings (SSSR count). The summed E-state index contributed by atoms with van der Waals surface area (Å²) in [6, 6.07) is 0. The molecule has 0 atom stereocenters. The Hall–Kier alpha value is -0.130.